The van der Waals surface area contributed by atoms with Gasteiger partial charge >= 0.3 is 0 Å². The summed E-state index contributed by atoms with van der Waals surface area (Å²) in [7, 11) is 2.17. The minimum atomic E-state index is -0.455. The molecule has 1 aliphatic rings. The molecule has 1 aromatic carbocycles. The van der Waals surface area contributed by atoms with Crippen LogP contribution < -0.4 is 5.32 Å². The first kappa shape index (κ1) is 14.8. The SMILES string of the molecule is CN1CCC(CNCC(O)c2ccc(Cl)cc2)CC1. The Hall–Kier alpha value is -0.610. The van der Waals surface area contributed by atoms with E-state index in [9.17, 15) is 5.11 Å². The summed E-state index contributed by atoms with van der Waals surface area (Å²) in [6.45, 7) is 3.98. The van der Waals surface area contributed by atoms with Crippen LogP contribution in [0, 0.1) is 5.92 Å². The summed E-state index contributed by atoms with van der Waals surface area (Å²) in [4.78, 5) is 2.37. The lowest BCUT2D eigenvalue weighted by molar-refractivity contribution is 0.165. The van der Waals surface area contributed by atoms with Gasteiger partial charge in [-0.15, -0.1) is 0 Å². The molecule has 1 aliphatic heterocycles. The van der Waals surface area contributed by atoms with Crippen molar-refractivity contribution in [1.29, 1.82) is 0 Å². The van der Waals surface area contributed by atoms with Crippen LogP contribution in [-0.2, 0) is 0 Å². The molecular formula is C15H23ClN2O. The highest BCUT2D eigenvalue weighted by Crippen LogP contribution is 2.17. The average molecular weight is 283 g/mol. The average Bonchev–Trinajstić information content (AvgIpc) is 2.41. The molecule has 19 heavy (non-hydrogen) atoms. The smallest absolute Gasteiger partial charge is 0.0914 e. The highest BCUT2D eigenvalue weighted by molar-refractivity contribution is 6.30. The largest absolute Gasteiger partial charge is 0.387 e. The van der Waals surface area contributed by atoms with Crippen molar-refractivity contribution in [2.45, 2.75) is 18.9 Å². The van der Waals surface area contributed by atoms with Crippen molar-refractivity contribution in [1.82, 2.24) is 10.2 Å². The van der Waals surface area contributed by atoms with Crippen molar-refractivity contribution in [3.8, 4) is 0 Å². The molecule has 1 unspecified atom stereocenters. The van der Waals surface area contributed by atoms with Gasteiger partial charge in [0.25, 0.3) is 0 Å². The maximum absolute atomic E-state index is 10.1. The lowest BCUT2D eigenvalue weighted by atomic mass is 9.97. The summed E-state index contributed by atoms with van der Waals surface area (Å²) in [6.07, 6.45) is 2.05. The van der Waals surface area contributed by atoms with Crippen LogP contribution in [0.25, 0.3) is 0 Å². The van der Waals surface area contributed by atoms with Crippen LogP contribution in [0.1, 0.15) is 24.5 Å². The molecule has 0 radical (unpaired) electrons. The Balaban J connectivity index is 1.69. The monoisotopic (exact) mass is 282 g/mol. The third-order valence-corrected chi connectivity index (χ3v) is 4.12. The number of hydrogen-bond donors (Lipinski definition) is 2. The molecular weight excluding hydrogens is 260 g/mol. The predicted molar refractivity (Wildman–Crippen MR) is 79.5 cm³/mol. The Morgan fingerprint density at radius 3 is 2.58 bits per heavy atom. The zero-order chi connectivity index (χ0) is 13.7. The standard InChI is InChI=1S/C15H23ClN2O/c1-18-8-6-12(7-9-18)10-17-11-15(19)13-2-4-14(16)5-3-13/h2-5,12,15,17,19H,6-11H2,1H3. The fourth-order valence-corrected chi connectivity index (χ4v) is 2.62. The van der Waals surface area contributed by atoms with Gasteiger partial charge in [-0.25, -0.2) is 0 Å². The molecule has 0 aliphatic carbocycles. The van der Waals surface area contributed by atoms with E-state index in [0.29, 0.717) is 11.6 Å². The van der Waals surface area contributed by atoms with Gasteiger partial charge in [-0.05, 0) is 63.1 Å². The van der Waals surface area contributed by atoms with Gasteiger partial charge in [0.2, 0.25) is 0 Å². The first-order valence-electron chi connectivity index (χ1n) is 6.98. The number of aliphatic hydroxyl groups excluding tert-OH is 1. The zero-order valence-electron chi connectivity index (χ0n) is 11.5. The number of aliphatic hydroxyl groups is 1. The molecule has 1 fully saturated rings. The second kappa shape index (κ2) is 7.25. The third kappa shape index (κ3) is 4.77. The van der Waals surface area contributed by atoms with Crippen LogP contribution in [0.5, 0.6) is 0 Å². The fourth-order valence-electron chi connectivity index (χ4n) is 2.49. The molecule has 1 aromatic rings. The maximum Gasteiger partial charge on any atom is 0.0914 e. The highest BCUT2D eigenvalue weighted by atomic mass is 35.5. The molecule has 2 N–H and O–H groups in total. The Morgan fingerprint density at radius 2 is 1.95 bits per heavy atom. The minimum absolute atomic E-state index is 0.455. The second-order valence-corrected chi connectivity index (χ2v) is 5.91. The molecule has 3 nitrogen and oxygen atoms in total. The van der Waals surface area contributed by atoms with Gasteiger partial charge in [-0.1, -0.05) is 23.7 Å². The molecule has 0 aromatic heterocycles. The first-order chi connectivity index (χ1) is 9.15. The number of nitrogens with zero attached hydrogens (tertiary/aromatic N) is 1. The molecule has 1 heterocycles. The van der Waals surface area contributed by atoms with Crippen LogP contribution in [0.4, 0.5) is 0 Å². The normalized spacial score (nSPS) is 19.5. The number of benzene rings is 1. The van der Waals surface area contributed by atoms with E-state index in [-0.39, 0.29) is 0 Å². The number of likely N-dealkylation sites (tertiary alicyclic amines) is 1. The van der Waals surface area contributed by atoms with E-state index in [1.807, 2.05) is 24.3 Å². The summed E-state index contributed by atoms with van der Waals surface area (Å²) >= 11 is 5.83. The van der Waals surface area contributed by atoms with Gasteiger partial charge in [0, 0.05) is 11.6 Å². The van der Waals surface area contributed by atoms with E-state index < -0.39 is 6.10 Å². The number of rotatable bonds is 5. The predicted octanol–water partition coefficient (Wildman–Crippen LogP) is 2.30. The van der Waals surface area contributed by atoms with Crippen molar-refractivity contribution in [2.24, 2.45) is 5.92 Å². The number of piperidine rings is 1. The Bertz CT molecular complexity index is 374. The van der Waals surface area contributed by atoms with E-state index in [4.69, 9.17) is 11.6 Å². The molecule has 1 saturated heterocycles. The van der Waals surface area contributed by atoms with Gasteiger partial charge in [-0.2, -0.15) is 0 Å². The summed E-state index contributed by atoms with van der Waals surface area (Å²) in [5, 5.41) is 14.2. The lowest BCUT2D eigenvalue weighted by Crippen LogP contribution is -2.36. The van der Waals surface area contributed by atoms with E-state index in [0.717, 1.165) is 18.0 Å². The van der Waals surface area contributed by atoms with Crippen molar-refractivity contribution in [3.63, 3.8) is 0 Å². The van der Waals surface area contributed by atoms with Gasteiger partial charge < -0.3 is 15.3 Å². The van der Waals surface area contributed by atoms with E-state index in [1.54, 1.807) is 0 Å². The van der Waals surface area contributed by atoms with Crippen LogP contribution >= 0.6 is 11.6 Å². The van der Waals surface area contributed by atoms with Gasteiger partial charge in [0.15, 0.2) is 0 Å². The van der Waals surface area contributed by atoms with Crippen LogP contribution in [0.3, 0.4) is 0 Å². The van der Waals surface area contributed by atoms with E-state index in [2.05, 4.69) is 17.3 Å². The van der Waals surface area contributed by atoms with Crippen molar-refractivity contribution in [3.05, 3.63) is 34.9 Å². The topological polar surface area (TPSA) is 35.5 Å². The maximum atomic E-state index is 10.1. The second-order valence-electron chi connectivity index (χ2n) is 5.47. The van der Waals surface area contributed by atoms with Crippen molar-refractivity contribution < 1.29 is 5.11 Å². The number of nitrogens with one attached hydrogen (secondary N) is 1. The number of hydrogen-bond acceptors (Lipinski definition) is 3. The minimum Gasteiger partial charge on any atom is -0.387 e. The lowest BCUT2D eigenvalue weighted by Gasteiger charge is -2.29. The van der Waals surface area contributed by atoms with Crippen LogP contribution in [0.15, 0.2) is 24.3 Å². The molecule has 0 bridgehead atoms. The molecule has 1 atom stereocenters. The Labute approximate surface area is 120 Å². The fraction of sp³-hybridized carbons (Fsp3) is 0.600. The van der Waals surface area contributed by atoms with E-state index >= 15 is 0 Å². The summed E-state index contributed by atoms with van der Waals surface area (Å²) in [6, 6.07) is 7.39. The van der Waals surface area contributed by atoms with Crippen molar-refractivity contribution >= 4 is 11.6 Å². The van der Waals surface area contributed by atoms with E-state index in [1.165, 1.54) is 25.9 Å². The molecule has 0 saturated carbocycles. The molecule has 4 heteroatoms. The van der Waals surface area contributed by atoms with Gasteiger partial charge in [0.05, 0.1) is 6.10 Å². The van der Waals surface area contributed by atoms with Gasteiger partial charge in [-0.3, -0.25) is 0 Å². The molecule has 2 rings (SSSR count). The van der Waals surface area contributed by atoms with Gasteiger partial charge in [0.1, 0.15) is 0 Å². The Kier molecular flexibility index (Phi) is 5.64. The zero-order valence-corrected chi connectivity index (χ0v) is 12.2. The molecule has 0 amide bonds. The first-order valence-corrected chi connectivity index (χ1v) is 7.35. The quantitative estimate of drug-likeness (QED) is 0.870. The summed E-state index contributed by atoms with van der Waals surface area (Å²) in [5.41, 5.74) is 0.917. The molecule has 0 spiro atoms. The molecule has 106 valence electrons. The van der Waals surface area contributed by atoms with Crippen molar-refractivity contribution in [2.75, 3.05) is 33.2 Å². The summed E-state index contributed by atoms with van der Waals surface area (Å²) in [5.74, 6) is 0.744. The van der Waals surface area contributed by atoms with Crippen LogP contribution in [0.2, 0.25) is 5.02 Å². The highest BCUT2D eigenvalue weighted by Gasteiger charge is 2.16. The Morgan fingerprint density at radius 1 is 1.32 bits per heavy atom. The van der Waals surface area contributed by atoms with Crippen LogP contribution in [-0.4, -0.2) is 43.2 Å². The third-order valence-electron chi connectivity index (χ3n) is 3.86. The number of halogens is 1. The summed E-state index contributed by atoms with van der Waals surface area (Å²) < 4.78 is 0.